The average molecular weight is 279 g/mol. The van der Waals surface area contributed by atoms with Crippen LogP contribution in [0.15, 0.2) is 12.3 Å². The molecule has 0 saturated heterocycles. The van der Waals surface area contributed by atoms with Crippen LogP contribution in [0.1, 0.15) is 0 Å². The number of hydrogen-bond acceptors (Lipinski definition) is 2. The molecule has 0 amide bonds. The summed E-state index contributed by atoms with van der Waals surface area (Å²) in [5, 5.41) is 8.21. The van der Waals surface area contributed by atoms with Crippen molar-refractivity contribution in [3.05, 3.63) is 21.1 Å². The number of halogens is 2. The van der Waals surface area contributed by atoms with E-state index >= 15 is 0 Å². The van der Waals surface area contributed by atoms with Crippen LogP contribution in [0.2, 0.25) is 5.15 Å². The molecule has 2 aromatic heterocycles. The highest BCUT2D eigenvalue weighted by Crippen LogP contribution is 2.19. The summed E-state index contributed by atoms with van der Waals surface area (Å²) in [5.41, 5.74) is 0.940. The molecule has 0 aromatic carbocycles. The van der Waals surface area contributed by atoms with Crippen molar-refractivity contribution in [2.75, 3.05) is 0 Å². The second-order valence-electron chi connectivity index (χ2n) is 2.07. The van der Waals surface area contributed by atoms with Gasteiger partial charge in [0.1, 0.15) is 8.85 Å². The molecule has 0 spiro atoms. The highest BCUT2D eigenvalue weighted by atomic mass is 127. The minimum absolute atomic E-state index is 0.503. The second-order valence-corrected chi connectivity index (χ2v) is 3.48. The van der Waals surface area contributed by atoms with Crippen molar-refractivity contribution in [2.45, 2.75) is 0 Å². The molecule has 3 nitrogen and oxygen atoms in total. The van der Waals surface area contributed by atoms with Gasteiger partial charge in [0.15, 0.2) is 0 Å². The molecule has 2 aromatic rings. The normalized spacial score (nSPS) is 10.7. The Labute approximate surface area is 81.3 Å². The predicted molar refractivity (Wildman–Crippen MR) is 51.6 cm³/mol. The van der Waals surface area contributed by atoms with E-state index in [1.807, 2.05) is 0 Å². The van der Waals surface area contributed by atoms with Crippen molar-refractivity contribution in [1.82, 2.24) is 15.2 Å². The minimum Gasteiger partial charge on any atom is -0.275 e. The summed E-state index contributed by atoms with van der Waals surface area (Å²) in [6, 6.07) is 1.78. The maximum absolute atomic E-state index is 5.72. The second kappa shape index (κ2) is 2.60. The molecule has 11 heavy (non-hydrogen) atoms. The highest BCUT2D eigenvalue weighted by molar-refractivity contribution is 14.1. The summed E-state index contributed by atoms with van der Waals surface area (Å²) in [5.74, 6) is 0. The van der Waals surface area contributed by atoms with Crippen molar-refractivity contribution in [3.63, 3.8) is 0 Å². The molecule has 0 saturated carbocycles. The first-order valence-corrected chi connectivity index (χ1v) is 4.38. The number of fused-ring (bicyclic) bond motifs is 1. The fourth-order valence-corrected chi connectivity index (χ4v) is 1.92. The number of pyridine rings is 1. The van der Waals surface area contributed by atoms with E-state index in [0.29, 0.717) is 5.15 Å². The van der Waals surface area contributed by atoms with E-state index in [4.69, 9.17) is 11.6 Å². The number of rotatable bonds is 0. The molecule has 5 heteroatoms. The Morgan fingerprint density at radius 3 is 3.18 bits per heavy atom. The van der Waals surface area contributed by atoms with Gasteiger partial charge in [-0.3, -0.25) is 5.10 Å². The van der Waals surface area contributed by atoms with Crippen molar-refractivity contribution in [1.29, 1.82) is 0 Å². The maximum Gasteiger partial charge on any atom is 0.131 e. The van der Waals surface area contributed by atoms with Crippen molar-refractivity contribution in [3.8, 4) is 0 Å². The summed E-state index contributed by atoms with van der Waals surface area (Å²) in [6.07, 6.45) is 1.73. The summed E-state index contributed by atoms with van der Waals surface area (Å²) >= 11 is 7.84. The van der Waals surface area contributed by atoms with E-state index in [2.05, 4.69) is 37.8 Å². The number of nitrogens with one attached hydrogen (secondary N) is 1. The van der Waals surface area contributed by atoms with Gasteiger partial charge in [-0.2, -0.15) is 5.10 Å². The Morgan fingerprint density at radius 2 is 2.36 bits per heavy atom. The lowest BCUT2D eigenvalue weighted by Gasteiger charge is -1.92. The smallest absolute Gasteiger partial charge is 0.131 e. The zero-order chi connectivity index (χ0) is 7.84. The van der Waals surface area contributed by atoms with Gasteiger partial charge >= 0.3 is 0 Å². The van der Waals surface area contributed by atoms with Gasteiger partial charge in [-0.15, -0.1) is 0 Å². The van der Waals surface area contributed by atoms with Gasteiger partial charge in [0.05, 0.1) is 11.7 Å². The van der Waals surface area contributed by atoms with Crippen LogP contribution in [-0.2, 0) is 0 Å². The van der Waals surface area contributed by atoms with Gasteiger partial charge in [-0.1, -0.05) is 11.6 Å². The van der Waals surface area contributed by atoms with Crippen molar-refractivity contribution >= 4 is 45.1 Å². The largest absolute Gasteiger partial charge is 0.275 e. The molecule has 1 N–H and O–H groups in total. The minimum atomic E-state index is 0.503. The van der Waals surface area contributed by atoms with E-state index in [1.54, 1.807) is 12.3 Å². The third kappa shape index (κ3) is 1.20. The van der Waals surface area contributed by atoms with Crippen LogP contribution < -0.4 is 0 Å². The highest BCUT2D eigenvalue weighted by Gasteiger charge is 2.02. The van der Waals surface area contributed by atoms with Crippen LogP contribution in [0.3, 0.4) is 0 Å². The van der Waals surface area contributed by atoms with E-state index in [-0.39, 0.29) is 0 Å². The molecule has 0 aliphatic carbocycles. The molecule has 0 bridgehead atoms. The fourth-order valence-electron chi connectivity index (χ4n) is 0.880. The molecule has 56 valence electrons. The zero-order valence-corrected chi connectivity index (χ0v) is 8.22. The van der Waals surface area contributed by atoms with Gasteiger partial charge in [0, 0.05) is 5.39 Å². The monoisotopic (exact) mass is 279 g/mol. The molecule has 2 heterocycles. The summed E-state index contributed by atoms with van der Waals surface area (Å²) in [6.45, 7) is 0. The molecule has 0 atom stereocenters. The summed E-state index contributed by atoms with van der Waals surface area (Å²) < 4.78 is 0.850. The van der Waals surface area contributed by atoms with E-state index in [0.717, 1.165) is 14.6 Å². The molecular formula is C6H3ClIN3. The van der Waals surface area contributed by atoms with Crippen LogP contribution in [0.25, 0.3) is 10.9 Å². The van der Waals surface area contributed by atoms with Crippen molar-refractivity contribution in [2.24, 2.45) is 0 Å². The SMILES string of the molecule is Clc1cc2cn[nH]c2c(I)n1. The Hall–Kier alpha value is -0.360. The Bertz CT molecular complexity index is 398. The number of H-pyrrole nitrogens is 1. The van der Waals surface area contributed by atoms with Gasteiger partial charge in [-0.25, -0.2) is 4.98 Å². The first-order chi connectivity index (χ1) is 5.27. The fraction of sp³-hybridized carbons (Fsp3) is 0. The van der Waals surface area contributed by atoms with Gasteiger partial charge < -0.3 is 0 Å². The Morgan fingerprint density at radius 1 is 1.55 bits per heavy atom. The van der Waals surface area contributed by atoms with E-state index in [1.165, 1.54) is 0 Å². The summed E-state index contributed by atoms with van der Waals surface area (Å²) in [7, 11) is 0. The lowest BCUT2D eigenvalue weighted by molar-refractivity contribution is 1.11. The van der Waals surface area contributed by atoms with E-state index in [9.17, 15) is 0 Å². The van der Waals surface area contributed by atoms with Crippen LogP contribution in [0, 0.1) is 3.70 Å². The van der Waals surface area contributed by atoms with Crippen LogP contribution in [0.4, 0.5) is 0 Å². The molecular weight excluding hydrogens is 276 g/mol. The van der Waals surface area contributed by atoms with Gasteiger partial charge in [0.2, 0.25) is 0 Å². The van der Waals surface area contributed by atoms with Crippen LogP contribution in [-0.4, -0.2) is 15.2 Å². The number of nitrogens with zero attached hydrogens (tertiary/aromatic N) is 2. The summed E-state index contributed by atoms with van der Waals surface area (Å²) in [4.78, 5) is 4.05. The Kier molecular flexibility index (Phi) is 1.72. The van der Waals surface area contributed by atoms with Crippen LogP contribution >= 0.6 is 34.2 Å². The third-order valence-corrected chi connectivity index (χ3v) is 2.33. The lowest BCUT2D eigenvalue weighted by Crippen LogP contribution is -1.82. The molecule has 0 unspecified atom stereocenters. The first kappa shape index (κ1) is 7.30. The Balaban J connectivity index is 2.91. The van der Waals surface area contributed by atoms with Crippen LogP contribution in [0.5, 0.6) is 0 Å². The number of hydrogen-bond donors (Lipinski definition) is 1. The molecule has 0 radical (unpaired) electrons. The predicted octanol–water partition coefficient (Wildman–Crippen LogP) is 2.22. The first-order valence-electron chi connectivity index (χ1n) is 2.92. The maximum atomic E-state index is 5.72. The molecule has 0 aliphatic rings. The van der Waals surface area contributed by atoms with E-state index < -0.39 is 0 Å². The zero-order valence-electron chi connectivity index (χ0n) is 5.31. The standard InChI is InChI=1S/C6H3ClIN3/c7-4-1-3-2-9-11-5(3)6(8)10-4/h1-2H,(H,9,11). The van der Waals surface area contributed by atoms with Crippen molar-refractivity contribution < 1.29 is 0 Å². The topological polar surface area (TPSA) is 41.6 Å². The number of aromatic nitrogens is 3. The molecule has 2 rings (SSSR count). The van der Waals surface area contributed by atoms with Gasteiger partial charge in [0.25, 0.3) is 0 Å². The number of aromatic amines is 1. The lowest BCUT2D eigenvalue weighted by atomic mass is 10.3. The van der Waals surface area contributed by atoms with Gasteiger partial charge in [-0.05, 0) is 28.7 Å². The average Bonchev–Trinajstić information content (AvgIpc) is 2.34. The quantitative estimate of drug-likeness (QED) is 0.593. The third-order valence-electron chi connectivity index (χ3n) is 1.35. The molecule has 0 aliphatic heterocycles. The molecule has 0 fully saturated rings.